The van der Waals surface area contributed by atoms with Gasteiger partial charge in [0.2, 0.25) is 11.8 Å². The highest BCUT2D eigenvalue weighted by Crippen LogP contribution is 2.20. The van der Waals surface area contributed by atoms with Crippen LogP contribution in [0.2, 0.25) is 0 Å². The molecule has 1 fully saturated rings. The number of likely N-dealkylation sites (N-methyl/N-ethyl adjacent to an activating group) is 1. The van der Waals surface area contributed by atoms with Crippen LogP contribution in [0.5, 0.6) is 5.75 Å². The molecule has 9 heteroatoms. The molecule has 2 rings (SSSR count). The average molecular weight is 392 g/mol. The Labute approximate surface area is 163 Å². The topological polar surface area (TPSA) is 91.0 Å². The van der Waals surface area contributed by atoms with Crippen molar-refractivity contribution >= 4 is 40.7 Å². The molecule has 1 aliphatic heterocycles. The molecule has 0 unspecified atom stereocenters. The number of carbonyl (C=O) groups excluding carboxylic acids is 3. The highest BCUT2D eigenvalue weighted by molar-refractivity contribution is 7.80. The molecule has 27 heavy (non-hydrogen) atoms. The number of amides is 3. The minimum atomic E-state index is -0.682. The fourth-order valence-electron chi connectivity index (χ4n) is 2.77. The first kappa shape index (κ1) is 20.6. The van der Waals surface area contributed by atoms with Crippen LogP contribution in [0, 0.1) is 0 Å². The van der Waals surface area contributed by atoms with Gasteiger partial charge in [-0.2, -0.15) is 0 Å². The van der Waals surface area contributed by atoms with E-state index >= 15 is 0 Å². The van der Waals surface area contributed by atoms with Crippen molar-refractivity contribution < 1.29 is 19.1 Å². The number of anilines is 1. The van der Waals surface area contributed by atoms with Crippen LogP contribution in [0.15, 0.2) is 24.3 Å². The molecular formula is C18H24N4O4S. The lowest BCUT2D eigenvalue weighted by molar-refractivity contribution is -0.130. The Balaban J connectivity index is 1.98. The number of thiocarbonyl (C=S) groups is 1. The first-order valence-electron chi connectivity index (χ1n) is 8.68. The van der Waals surface area contributed by atoms with Gasteiger partial charge in [-0.25, -0.2) is 0 Å². The molecule has 0 spiro atoms. The molecule has 146 valence electrons. The van der Waals surface area contributed by atoms with Gasteiger partial charge >= 0.3 is 0 Å². The van der Waals surface area contributed by atoms with Crippen molar-refractivity contribution in [2.45, 2.75) is 26.3 Å². The van der Waals surface area contributed by atoms with E-state index in [4.69, 9.17) is 17.0 Å². The van der Waals surface area contributed by atoms with Crippen LogP contribution in [0.25, 0.3) is 0 Å². The van der Waals surface area contributed by atoms with Crippen LogP contribution in [0.1, 0.15) is 20.3 Å². The lowest BCUT2D eigenvalue weighted by Crippen LogP contribution is -2.42. The van der Waals surface area contributed by atoms with Crippen molar-refractivity contribution in [3.05, 3.63) is 24.3 Å². The van der Waals surface area contributed by atoms with Gasteiger partial charge < -0.3 is 20.3 Å². The molecule has 2 N–H and O–H groups in total. The summed E-state index contributed by atoms with van der Waals surface area (Å²) in [5.74, 6) is 0.0342. The third-order valence-corrected chi connectivity index (χ3v) is 4.59. The van der Waals surface area contributed by atoms with Crippen LogP contribution in [0.4, 0.5) is 5.69 Å². The molecule has 1 aromatic carbocycles. The van der Waals surface area contributed by atoms with Gasteiger partial charge in [-0.15, -0.1) is 0 Å². The van der Waals surface area contributed by atoms with E-state index < -0.39 is 6.04 Å². The van der Waals surface area contributed by atoms with E-state index in [1.807, 2.05) is 6.92 Å². The number of ether oxygens (including phenoxy) is 1. The first-order valence-corrected chi connectivity index (χ1v) is 9.09. The molecule has 0 bridgehead atoms. The van der Waals surface area contributed by atoms with Crippen LogP contribution in [-0.4, -0.2) is 65.4 Å². The normalized spacial score (nSPS) is 16.5. The molecule has 1 atom stereocenters. The monoisotopic (exact) mass is 392 g/mol. The van der Waals surface area contributed by atoms with Gasteiger partial charge in [-0.3, -0.25) is 19.3 Å². The Morgan fingerprint density at radius 3 is 2.52 bits per heavy atom. The third kappa shape index (κ3) is 5.40. The highest BCUT2D eigenvalue weighted by Gasteiger charge is 2.41. The second-order valence-electron chi connectivity index (χ2n) is 6.08. The summed E-state index contributed by atoms with van der Waals surface area (Å²) in [7, 11) is 1.58. The summed E-state index contributed by atoms with van der Waals surface area (Å²) in [6, 6.07) is 6.33. The maximum Gasteiger partial charge on any atom is 0.251 e. The molecule has 3 amide bonds. The van der Waals surface area contributed by atoms with E-state index in [-0.39, 0.29) is 24.1 Å². The minimum Gasteiger partial charge on any atom is -0.494 e. The summed E-state index contributed by atoms with van der Waals surface area (Å²) in [6.45, 7) is 4.58. The molecule has 1 aromatic rings. The number of benzene rings is 1. The van der Waals surface area contributed by atoms with Crippen LogP contribution >= 0.6 is 12.2 Å². The zero-order valence-electron chi connectivity index (χ0n) is 15.7. The number of carbonyl (C=O) groups is 3. The van der Waals surface area contributed by atoms with Crippen LogP contribution in [-0.2, 0) is 14.4 Å². The van der Waals surface area contributed by atoms with Crippen molar-refractivity contribution in [2.75, 3.05) is 32.1 Å². The van der Waals surface area contributed by atoms with Gasteiger partial charge in [0.1, 0.15) is 11.8 Å². The van der Waals surface area contributed by atoms with Crippen molar-refractivity contribution in [1.82, 2.24) is 15.1 Å². The van der Waals surface area contributed by atoms with E-state index in [2.05, 4.69) is 10.6 Å². The Morgan fingerprint density at radius 2 is 1.93 bits per heavy atom. The summed E-state index contributed by atoms with van der Waals surface area (Å²) in [5.41, 5.74) is 0.620. The Kier molecular flexibility index (Phi) is 7.12. The maximum atomic E-state index is 12.4. The zero-order chi connectivity index (χ0) is 20.0. The van der Waals surface area contributed by atoms with Gasteiger partial charge in [-0.05, 0) is 43.4 Å². The maximum absolute atomic E-state index is 12.4. The van der Waals surface area contributed by atoms with Gasteiger partial charge in [0.05, 0.1) is 13.0 Å². The summed E-state index contributed by atoms with van der Waals surface area (Å²) in [4.78, 5) is 38.9. The number of hydrogen-bond donors (Lipinski definition) is 2. The predicted molar refractivity (Wildman–Crippen MR) is 105 cm³/mol. The third-order valence-electron chi connectivity index (χ3n) is 4.08. The molecule has 0 saturated carbocycles. The number of hydrogen-bond acceptors (Lipinski definition) is 5. The van der Waals surface area contributed by atoms with Crippen molar-refractivity contribution in [3.63, 3.8) is 0 Å². The van der Waals surface area contributed by atoms with Gasteiger partial charge in [0.25, 0.3) is 5.91 Å². The lowest BCUT2D eigenvalue weighted by atomic mass is 10.1. The SMILES string of the molecule is CCOc1ccc(NC(=O)C[C@H]2C(=O)N(C)C(=S)N2CCNC(C)=O)cc1. The minimum absolute atomic E-state index is 0.0312. The smallest absolute Gasteiger partial charge is 0.251 e. The quantitative estimate of drug-likeness (QED) is 0.641. The average Bonchev–Trinajstić information content (AvgIpc) is 2.81. The van der Waals surface area contributed by atoms with Crippen molar-refractivity contribution in [3.8, 4) is 5.75 Å². The van der Waals surface area contributed by atoms with E-state index in [1.54, 1.807) is 36.2 Å². The fraction of sp³-hybridized carbons (Fsp3) is 0.444. The van der Waals surface area contributed by atoms with Gasteiger partial charge in [0.15, 0.2) is 5.11 Å². The number of nitrogens with one attached hydrogen (secondary N) is 2. The number of rotatable bonds is 8. The van der Waals surface area contributed by atoms with E-state index in [0.29, 0.717) is 30.5 Å². The molecule has 0 radical (unpaired) electrons. The molecule has 8 nitrogen and oxygen atoms in total. The summed E-state index contributed by atoms with van der Waals surface area (Å²) in [5, 5.41) is 5.80. The van der Waals surface area contributed by atoms with Gasteiger partial charge in [-0.1, -0.05) is 0 Å². The fourth-order valence-corrected chi connectivity index (χ4v) is 3.08. The van der Waals surface area contributed by atoms with Crippen molar-refractivity contribution in [2.24, 2.45) is 0 Å². The Hall–Kier alpha value is -2.68. The van der Waals surface area contributed by atoms with Crippen LogP contribution in [0.3, 0.4) is 0 Å². The number of nitrogens with zero attached hydrogens (tertiary/aromatic N) is 2. The molecule has 0 aromatic heterocycles. The second kappa shape index (κ2) is 9.31. The standard InChI is InChI=1S/C18H24N4O4S/c1-4-26-14-7-5-13(6-8-14)20-16(24)11-15-17(25)21(3)18(27)22(15)10-9-19-12(2)23/h5-8,15H,4,9-11H2,1-3H3,(H,19,23)(H,20,24)/t15-/m0/s1. The first-order chi connectivity index (χ1) is 12.8. The van der Waals surface area contributed by atoms with E-state index in [0.717, 1.165) is 5.75 Å². The lowest BCUT2D eigenvalue weighted by Gasteiger charge is -2.23. The Bertz CT molecular complexity index is 723. The molecule has 0 aliphatic carbocycles. The molecular weight excluding hydrogens is 368 g/mol. The summed E-state index contributed by atoms with van der Waals surface area (Å²) < 4.78 is 5.37. The second-order valence-corrected chi connectivity index (χ2v) is 6.45. The van der Waals surface area contributed by atoms with Crippen molar-refractivity contribution in [1.29, 1.82) is 0 Å². The zero-order valence-corrected chi connectivity index (χ0v) is 16.5. The Morgan fingerprint density at radius 1 is 1.26 bits per heavy atom. The van der Waals surface area contributed by atoms with Gasteiger partial charge in [0, 0.05) is 32.7 Å². The molecule has 1 saturated heterocycles. The summed E-state index contributed by atoms with van der Waals surface area (Å²) >= 11 is 5.29. The van der Waals surface area contributed by atoms with Crippen LogP contribution < -0.4 is 15.4 Å². The van der Waals surface area contributed by atoms with E-state index in [1.165, 1.54) is 11.8 Å². The largest absolute Gasteiger partial charge is 0.494 e. The molecule has 1 aliphatic rings. The molecule has 1 heterocycles. The predicted octanol–water partition coefficient (Wildman–Crippen LogP) is 0.977. The van der Waals surface area contributed by atoms with E-state index in [9.17, 15) is 14.4 Å². The highest BCUT2D eigenvalue weighted by atomic mass is 32.1. The summed E-state index contributed by atoms with van der Waals surface area (Å²) in [6.07, 6.45) is -0.0312.